The minimum Gasteiger partial charge on any atom is -0.394 e. The van der Waals surface area contributed by atoms with Gasteiger partial charge >= 0.3 is 6.03 Å². The van der Waals surface area contributed by atoms with Gasteiger partial charge in [0.2, 0.25) is 0 Å². The van der Waals surface area contributed by atoms with Gasteiger partial charge in [-0.25, -0.2) is 14.5 Å². The molecule has 3 N–H and O–H groups in total. The lowest BCUT2D eigenvalue weighted by Gasteiger charge is -2.12. The molecule has 0 aliphatic carbocycles. The molecule has 0 radical (unpaired) electrons. The first-order valence-corrected chi connectivity index (χ1v) is 6.73. The average molecular weight is 289 g/mol. The highest BCUT2D eigenvalue weighted by atomic mass is 16.3. The van der Waals surface area contributed by atoms with Gasteiger partial charge < -0.3 is 15.7 Å². The van der Waals surface area contributed by atoms with Gasteiger partial charge in [0.05, 0.1) is 19.2 Å². The maximum atomic E-state index is 11.5. The largest absolute Gasteiger partial charge is 0.394 e. The lowest BCUT2D eigenvalue weighted by molar-refractivity contribution is 0.220. The molecule has 0 aliphatic rings. The van der Waals surface area contributed by atoms with Crippen LogP contribution in [0.3, 0.4) is 0 Å². The highest BCUT2D eigenvalue weighted by Crippen LogP contribution is 2.05. The van der Waals surface area contributed by atoms with Gasteiger partial charge in [0.25, 0.3) is 0 Å². The SMILES string of the molecule is C[C@H](CO)NC(=O)NCc1ccc(Cn2cncn2)cc1. The molecule has 0 saturated heterocycles. The zero-order valence-corrected chi connectivity index (χ0v) is 11.9. The fourth-order valence-electron chi connectivity index (χ4n) is 1.77. The molecule has 0 bridgehead atoms. The molecule has 0 aliphatic heterocycles. The molecule has 0 fully saturated rings. The maximum Gasteiger partial charge on any atom is 0.315 e. The highest BCUT2D eigenvalue weighted by Gasteiger charge is 2.05. The monoisotopic (exact) mass is 289 g/mol. The van der Waals surface area contributed by atoms with Gasteiger partial charge in [-0.1, -0.05) is 24.3 Å². The topological polar surface area (TPSA) is 92.1 Å². The number of rotatable bonds is 6. The fourth-order valence-corrected chi connectivity index (χ4v) is 1.77. The number of benzene rings is 1. The smallest absolute Gasteiger partial charge is 0.315 e. The molecule has 1 atom stereocenters. The van der Waals surface area contributed by atoms with Crippen LogP contribution in [0.1, 0.15) is 18.1 Å². The van der Waals surface area contributed by atoms with E-state index in [1.54, 1.807) is 17.9 Å². The molecule has 0 unspecified atom stereocenters. The van der Waals surface area contributed by atoms with Crippen LogP contribution in [-0.2, 0) is 13.1 Å². The van der Waals surface area contributed by atoms with Gasteiger partial charge in [0, 0.05) is 6.54 Å². The van der Waals surface area contributed by atoms with Crippen molar-refractivity contribution in [2.24, 2.45) is 0 Å². The summed E-state index contributed by atoms with van der Waals surface area (Å²) in [5.41, 5.74) is 2.12. The number of nitrogens with one attached hydrogen (secondary N) is 2. The van der Waals surface area contributed by atoms with Crippen molar-refractivity contribution in [3.8, 4) is 0 Å². The Labute approximate surface area is 123 Å². The molecular weight excluding hydrogens is 270 g/mol. The van der Waals surface area contributed by atoms with E-state index in [4.69, 9.17) is 5.11 Å². The zero-order chi connectivity index (χ0) is 15.1. The number of aromatic nitrogens is 3. The Kier molecular flexibility index (Phi) is 5.28. The van der Waals surface area contributed by atoms with Gasteiger partial charge in [-0.2, -0.15) is 5.10 Å². The lowest BCUT2D eigenvalue weighted by atomic mass is 10.1. The van der Waals surface area contributed by atoms with Crippen molar-refractivity contribution in [3.05, 3.63) is 48.0 Å². The number of amides is 2. The van der Waals surface area contributed by atoms with E-state index in [1.165, 1.54) is 6.33 Å². The summed E-state index contributed by atoms with van der Waals surface area (Å²) in [5.74, 6) is 0. The second-order valence-corrected chi connectivity index (χ2v) is 4.82. The van der Waals surface area contributed by atoms with E-state index in [0.717, 1.165) is 11.1 Å². The molecule has 0 spiro atoms. The molecule has 1 aromatic carbocycles. The molecule has 1 heterocycles. The molecule has 1 aromatic heterocycles. The molecule has 7 nitrogen and oxygen atoms in total. The van der Waals surface area contributed by atoms with Crippen LogP contribution in [0.15, 0.2) is 36.9 Å². The first kappa shape index (κ1) is 15.0. The van der Waals surface area contributed by atoms with Crippen LogP contribution in [0.5, 0.6) is 0 Å². The highest BCUT2D eigenvalue weighted by molar-refractivity contribution is 5.74. The quantitative estimate of drug-likeness (QED) is 0.722. The van der Waals surface area contributed by atoms with E-state index in [2.05, 4.69) is 20.7 Å². The van der Waals surface area contributed by atoms with Crippen LogP contribution < -0.4 is 10.6 Å². The van der Waals surface area contributed by atoms with E-state index in [9.17, 15) is 4.79 Å². The zero-order valence-electron chi connectivity index (χ0n) is 11.9. The Bertz CT molecular complexity index is 553. The second kappa shape index (κ2) is 7.39. The predicted octanol–water partition coefficient (Wildman–Crippen LogP) is 0.506. The first-order valence-electron chi connectivity index (χ1n) is 6.73. The molecular formula is C14H19N5O2. The number of aliphatic hydroxyl groups is 1. The van der Waals surface area contributed by atoms with E-state index >= 15 is 0 Å². The van der Waals surface area contributed by atoms with Gasteiger partial charge in [-0.05, 0) is 18.1 Å². The van der Waals surface area contributed by atoms with E-state index in [-0.39, 0.29) is 18.7 Å². The third-order valence-corrected chi connectivity index (χ3v) is 2.94. The van der Waals surface area contributed by atoms with Crippen molar-refractivity contribution in [1.29, 1.82) is 0 Å². The van der Waals surface area contributed by atoms with Crippen LogP contribution in [-0.4, -0.2) is 38.6 Å². The molecule has 21 heavy (non-hydrogen) atoms. The lowest BCUT2D eigenvalue weighted by Crippen LogP contribution is -2.41. The summed E-state index contributed by atoms with van der Waals surface area (Å²) in [4.78, 5) is 15.4. The van der Waals surface area contributed by atoms with E-state index in [0.29, 0.717) is 13.1 Å². The Balaban J connectivity index is 1.81. The third kappa shape index (κ3) is 4.88. The molecule has 2 aromatic rings. The van der Waals surface area contributed by atoms with Crippen LogP contribution >= 0.6 is 0 Å². The van der Waals surface area contributed by atoms with Gasteiger partial charge in [0.15, 0.2) is 0 Å². The number of carbonyl (C=O) groups excluding carboxylic acids is 1. The summed E-state index contributed by atoms with van der Waals surface area (Å²) >= 11 is 0. The molecule has 2 rings (SSSR count). The standard InChI is InChI=1S/C14H19N5O2/c1-11(8-20)18-14(21)16-6-12-2-4-13(5-3-12)7-19-10-15-9-17-19/h2-5,9-11,20H,6-8H2,1H3,(H2,16,18,21)/t11-/m1/s1. The minimum absolute atomic E-state index is 0.0790. The summed E-state index contributed by atoms with van der Waals surface area (Å²) in [6, 6.07) is 7.36. The molecule has 7 heteroatoms. The van der Waals surface area contributed by atoms with Crippen molar-refractivity contribution in [2.45, 2.75) is 26.1 Å². The van der Waals surface area contributed by atoms with Crippen molar-refractivity contribution in [3.63, 3.8) is 0 Å². The molecule has 112 valence electrons. The van der Waals surface area contributed by atoms with Gasteiger partial charge in [-0.15, -0.1) is 0 Å². The summed E-state index contributed by atoms with van der Waals surface area (Å²) in [5, 5.41) is 18.3. The number of nitrogens with zero attached hydrogens (tertiary/aromatic N) is 3. The van der Waals surface area contributed by atoms with Gasteiger partial charge in [-0.3, -0.25) is 0 Å². The fraction of sp³-hybridized carbons (Fsp3) is 0.357. The summed E-state index contributed by atoms with van der Waals surface area (Å²) < 4.78 is 1.75. The van der Waals surface area contributed by atoms with Crippen molar-refractivity contribution in [2.75, 3.05) is 6.61 Å². The summed E-state index contributed by atoms with van der Waals surface area (Å²) in [6.07, 6.45) is 3.17. The number of hydrogen-bond acceptors (Lipinski definition) is 4. The van der Waals surface area contributed by atoms with Crippen molar-refractivity contribution >= 4 is 6.03 Å². The van der Waals surface area contributed by atoms with Crippen LogP contribution in [0.4, 0.5) is 4.79 Å². The maximum absolute atomic E-state index is 11.5. The normalized spacial score (nSPS) is 11.9. The summed E-state index contributed by atoms with van der Waals surface area (Å²) in [6.45, 7) is 2.76. The number of carbonyl (C=O) groups is 1. The Morgan fingerprint density at radius 2 is 2.05 bits per heavy atom. The molecule has 2 amide bonds. The third-order valence-electron chi connectivity index (χ3n) is 2.94. The van der Waals surface area contributed by atoms with Crippen molar-refractivity contribution in [1.82, 2.24) is 25.4 Å². The number of hydrogen-bond donors (Lipinski definition) is 3. The first-order chi connectivity index (χ1) is 10.2. The van der Waals surface area contributed by atoms with E-state index < -0.39 is 0 Å². The predicted molar refractivity (Wildman–Crippen MR) is 77.5 cm³/mol. The average Bonchev–Trinajstić information content (AvgIpc) is 2.99. The second-order valence-electron chi connectivity index (χ2n) is 4.82. The van der Waals surface area contributed by atoms with Crippen LogP contribution in [0.2, 0.25) is 0 Å². The minimum atomic E-state index is -0.289. The summed E-state index contributed by atoms with van der Waals surface area (Å²) in [7, 11) is 0. The Morgan fingerprint density at radius 1 is 1.33 bits per heavy atom. The van der Waals surface area contributed by atoms with E-state index in [1.807, 2.05) is 24.3 Å². The molecule has 0 saturated carbocycles. The van der Waals surface area contributed by atoms with Crippen molar-refractivity contribution < 1.29 is 9.90 Å². The van der Waals surface area contributed by atoms with Gasteiger partial charge in [0.1, 0.15) is 12.7 Å². The Hall–Kier alpha value is -2.41. The van der Waals surface area contributed by atoms with Crippen LogP contribution in [0.25, 0.3) is 0 Å². The van der Waals surface area contributed by atoms with Crippen LogP contribution in [0, 0.1) is 0 Å². The number of urea groups is 1. The Morgan fingerprint density at radius 3 is 2.67 bits per heavy atom. The number of aliphatic hydroxyl groups excluding tert-OH is 1.